The number of methoxy groups -OCH3 is 1. The first-order valence-corrected chi connectivity index (χ1v) is 2.97. The minimum atomic E-state index is 0. The Morgan fingerprint density at radius 2 is 2.11 bits per heavy atom. The SMILES string of the molecule is COCCOC(=S)S.[Ni]. The maximum Gasteiger partial charge on any atom is 0.216 e. The van der Waals surface area contributed by atoms with Gasteiger partial charge in [-0.3, -0.25) is 0 Å². The predicted molar refractivity (Wildman–Crippen MR) is 39.4 cm³/mol. The summed E-state index contributed by atoms with van der Waals surface area (Å²) < 4.78 is 9.69. The first-order chi connectivity index (χ1) is 3.77. The topological polar surface area (TPSA) is 18.5 Å². The van der Waals surface area contributed by atoms with Gasteiger partial charge in [-0.25, -0.2) is 0 Å². The molecular formula is C4H8NiO2S2. The molecule has 0 rings (SSSR count). The summed E-state index contributed by atoms with van der Waals surface area (Å²) in [6.45, 7) is 1.04. The molecule has 5 heteroatoms. The van der Waals surface area contributed by atoms with Crippen molar-refractivity contribution in [3.63, 3.8) is 0 Å². The standard InChI is InChI=1S/C4H8O2S2.Ni/c1-5-2-3-6-4(7)8;/h2-3H2,1H3,(H,7,8);. The Labute approximate surface area is 75.6 Å². The van der Waals surface area contributed by atoms with Gasteiger partial charge in [0.1, 0.15) is 6.61 Å². The van der Waals surface area contributed by atoms with Gasteiger partial charge < -0.3 is 9.47 Å². The van der Waals surface area contributed by atoms with Crippen LogP contribution in [0.5, 0.6) is 0 Å². The molecule has 0 aromatic carbocycles. The molecule has 0 bridgehead atoms. The summed E-state index contributed by atoms with van der Waals surface area (Å²) in [5.41, 5.74) is 0. The Morgan fingerprint density at radius 1 is 1.56 bits per heavy atom. The second-order valence-electron chi connectivity index (χ2n) is 1.11. The number of hydrogen-bond donors (Lipinski definition) is 1. The fraction of sp³-hybridized carbons (Fsp3) is 0.750. The van der Waals surface area contributed by atoms with E-state index in [9.17, 15) is 0 Å². The quantitative estimate of drug-likeness (QED) is 0.323. The van der Waals surface area contributed by atoms with E-state index in [1.807, 2.05) is 0 Å². The Morgan fingerprint density at radius 3 is 2.44 bits per heavy atom. The summed E-state index contributed by atoms with van der Waals surface area (Å²) in [6.07, 6.45) is 0. The van der Waals surface area contributed by atoms with Gasteiger partial charge in [0.15, 0.2) is 0 Å². The van der Waals surface area contributed by atoms with Crippen molar-refractivity contribution in [1.82, 2.24) is 0 Å². The van der Waals surface area contributed by atoms with Gasteiger partial charge in [-0.1, -0.05) is 12.6 Å². The average molecular weight is 211 g/mol. The molecule has 0 radical (unpaired) electrons. The van der Waals surface area contributed by atoms with E-state index >= 15 is 0 Å². The van der Waals surface area contributed by atoms with Crippen LogP contribution < -0.4 is 0 Å². The molecule has 0 aliphatic carbocycles. The van der Waals surface area contributed by atoms with Crippen LogP contribution in [0.15, 0.2) is 0 Å². The van der Waals surface area contributed by atoms with Crippen LogP contribution in [0.3, 0.4) is 0 Å². The summed E-state index contributed by atoms with van der Waals surface area (Å²) in [5, 5.41) is 0. The average Bonchev–Trinajstić information content (AvgIpc) is 1.66. The molecule has 2 nitrogen and oxygen atoms in total. The van der Waals surface area contributed by atoms with Gasteiger partial charge in [0, 0.05) is 23.6 Å². The Hall–Kier alpha value is 0.694. The predicted octanol–water partition coefficient (Wildman–Crippen LogP) is 0.862. The molecule has 0 N–H and O–H groups in total. The van der Waals surface area contributed by atoms with Crippen molar-refractivity contribution in [2.75, 3.05) is 20.3 Å². The molecular weight excluding hydrogens is 203 g/mol. The number of thiocarbonyl (C=S) groups is 1. The van der Waals surface area contributed by atoms with Crippen molar-refractivity contribution in [3.8, 4) is 0 Å². The second kappa shape index (κ2) is 8.69. The zero-order chi connectivity index (χ0) is 6.41. The summed E-state index contributed by atoms with van der Waals surface area (Å²) in [4.78, 5) is 0. The van der Waals surface area contributed by atoms with E-state index in [1.54, 1.807) is 7.11 Å². The number of hydrogen-bond acceptors (Lipinski definition) is 3. The molecule has 58 valence electrons. The van der Waals surface area contributed by atoms with E-state index in [2.05, 4.69) is 29.6 Å². The first kappa shape index (κ1) is 12.4. The maximum atomic E-state index is 4.75. The van der Waals surface area contributed by atoms with Crippen molar-refractivity contribution >= 4 is 29.2 Å². The molecule has 0 unspecified atom stereocenters. The molecule has 0 aliphatic rings. The molecule has 0 saturated carbocycles. The zero-order valence-electron chi connectivity index (χ0n) is 4.90. The Kier molecular flexibility index (Phi) is 12.0. The summed E-state index contributed by atoms with van der Waals surface area (Å²) >= 11 is 8.22. The van der Waals surface area contributed by atoms with Crippen molar-refractivity contribution in [2.45, 2.75) is 0 Å². The molecule has 9 heavy (non-hydrogen) atoms. The second-order valence-corrected chi connectivity index (χ2v) is 2.19. The third-order valence-corrected chi connectivity index (χ3v) is 0.760. The molecule has 0 aliphatic heterocycles. The van der Waals surface area contributed by atoms with Crippen molar-refractivity contribution in [3.05, 3.63) is 0 Å². The van der Waals surface area contributed by atoms with E-state index in [0.717, 1.165) is 0 Å². The van der Waals surface area contributed by atoms with Gasteiger partial charge in [-0.05, 0) is 12.2 Å². The molecule has 0 spiro atoms. The number of ether oxygens (including phenoxy) is 2. The summed E-state index contributed by atoms with van der Waals surface area (Å²) in [6, 6.07) is 0. The molecule has 0 aromatic heterocycles. The van der Waals surface area contributed by atoms with Crippen LogP contribution in [0.4, 0.5) is 0 Å². The fourth-order valence-electron chi connectivity index (χ4n) is 0.212. The monoisotopic (exact) mass is 210 g/mol. The van der Waals surface area contributed by atoms with Gasteiger partial charge in [0.25, 0.3) is 0 Å². The number of thiol groups is 1. The van der Waals surface area contributed by atoms with Crippen molar-refractivity contribution in [2.24, 2.45) is 0 Å². The van der Waals surface area contributed by atoms with Crippen molar-refractivity contribution < 1.29 is 26.0 Å². The van der Waals surface area contributed by atoms with Crippen LogP contribution in [0.2, 0.25) is 0 Å². The largest absolute Gasteiger partial charge is 0.476 e. The minimum absolute atomic E-state index is 0. The van der Waals surface area contributed by atoms with Crippen LogP contribution in [0.25, 0.3) is 0 Å². The van der Waals surface area contributed by atoms with Crippen LogP contribution in [0, 0.1) is 0 Å². The van der Waals surface area contributed by atoms with E-state index in [4.69, 9.17) is 4.74 Å². The van der Waals surface area contributed by atoms with Crippen molar-refractivity contribution in [1.29, 1.82) is 0 Å². The maximum absolute atomic E-state index is 4.75. The third kappa shape index (κ3) is 12.0. The Bertz CT molecular complexity index is 79.0. The van der Waals surface area contributed by atoms with Crippen LogP contribution in [-0.2, 0) is 26.0 Å². The van der Waals surface area contributed by atoms with Crippen LogP contribution in [0.1, 0.15) is 0 Å². The molecule has 0 amide bonds. The van der Waals surface area contributed by atoms with Gasteiger partial charge in [0.2, 0.25) is 4.38 Å². The number of rotatable bonds is 3. The first-order valence-electron chi connectivity index (χ1n) is 2.12. The molecule has 0 atom stereocenters. The fourth-order valence-corrected chi connectivity index (χ4v) is 0.387. The Balaban J connectivity index is 0. The van der Waals surface area contributed by atoms with E-state index in [0.29, 0.717) is 13.2 Å². The van der Waals surface area contributed by atoms with Gasteiger partial charge in [-0.2, -0.15) is 0 Å². The van der Waals surface area contributed by atoms with Gasteiger partial charge >= 0.3 is 0 Å². The smallest absolute Gasteiger partial charge is 0.216 e. The van der Waals surface area contributed by atoms with Gasteiger partial charge in [-0.15, -0.1) is 0 Å². The minimum Gasteiger partial charge on any atom is -0.476 e. The normalized spacial score (nSPS) is 7.78. The molecule has 0 saturated heterocycles. The molecule has 0 aromatic rings. The third-order valence-electron chi connectivity index (χ3n) is 0.513. The van der Waals surface area contributed by atoms with E-state index in [-0.39, 0.29) is 20.9 Å². The van der Waals surface area contributed by atoms with Crippen LogP contribution >= 0.6 is 24.8 Å². The van der Waals surface area contributed by atoms with Gasteiger partial charge in [0.05, 0.1) is 6.61 Å². The molecule has 0 fully saturated rings. The summed E-state index contributed by atoms with van der Waals surface area (Å²) in [5.74, 6) is 0. The van der Waals surface area contributed by atoms with Crippen LogP contribution in [-0.4, -0.2) is 24.7 Å². The molecule has 0 heterocycles. The van der Waals surface area contributed by atoms with E-state index < -0.39 is 0 Å². The zero-order valence-corrected chi connectivity index (χ0v) is 7.60. The summed E-state index contributed by atoms with van der Waals surface area (Å²) in [7, 11) is 1.60. The van der Waals surface area contributed by atoms with E-state index in [1.165, 1.54) is 0 Å².